The highest BCUT2D eigenvalue weighted by atomic mass is 19.4. The van der Waals surface area contributed by atoms with Crippen LogP contribution in [0, 0.1) is 11.7 Å². The van der Waals surface area contributed by atoms with Crippen molar-refractivity contribution in [3.8, 4) is 0 Å². The van der Waals surface area contributed by atoms with Gasteiger partial charge >= 0.3 is 6.18 Å². The van der Waals surface area contributed by atoms with Gasteiger partial charge in [-0.05, 0) is 36.4 Å². The van der Waals surface area contributed by atoms with Crippen molar-refractivity contribution in [1.29, 1.82) is 0 Å². The molecule has 4 nitrogen and oxygen atoms in total. The molecule has 0 aliphatic carbocycles. The number of rotatable bonds is 3. The first-order chi connectivity index (χ1) is 12.3. The topological polar surface area (TPSA) is 49.4 Å². The molecule has 3 rings (SSSR count). The summed E-state index contributed by atoms with van der Waals surface area (Å²) in [5.41, 5.74) is -0.867. The Kier molecular flexibility index (Phi) is 4.67. The Balaban J connectivity index is 1.74. The second kappa shape index (κ2) is 6.78. The fraction of sp³-hybridized carbons (Fsp3) is 0.222. The molecule has 0 aromatic heterocycles. The first-order valence-electron chi connectivity index (χ1n) is 7.79. The van der Waals surface area contributed by atoms with E-state index in [9.17, 15) is 27.2 Å². The predicted octanol–water partition coefficient (Wildman–Crippen LogP) is 3.84. The normalized spacial score (nSPS) is 17.5. The zero-order valence-electron chi connectivity index (χ0n) is 13.4. The third kappa shape index (κ3) is 3.68. The lowest BCUT2D eigenvalue weighted by molar-refractivity contribution is -0.137. The van der Waals surface area contributed by atoms with Crippen molar-refractivity contribution in [2.45, 2.75) is 12.6 Å². The van der Waals surface area contributed by atoms with Crippen molar-refractivity contribution in [3.05, 3.63) is 59.9 Å². The van der Waals surface area contributed by atoms with Gasteiger partial charge in [0.05, 0.1) is 17.2 Å². The molecule has 1 N–H and O–H groups in total. The van der Waals surface area contributed by atoms with Gasteiger partial charge in [0.1, 0.15) is 5.82 Å². The van der Waals surface area contributed by atoms with Gasteiger partial charge in [-0.2, -0.15) is 13.2 Å². The van der Waals surface area contributed by atoms with E-state index in [0.717, 1.165) is 12.1 Å². The molecule has 2 aromatic carbocycles. The summed E-state index contributed by atoms with van der Waals surface area (Å²) in [6.07, 6.45) is -4.73. The molecule has 1 saturated heterocycles. The van der Waals surface area contributed by atoms with Gasteiger partial charge in [0, 0.05) is 18.7 Å². The molecule has 0 radical (unpaired) electrons. The fourth-order valence-corrected chi connectivity index (χ4v) is 2.83. The zero-order valence-corrected chi connectivity index (χ0v) is 13.4. The van der Waals surface area contributed by atoms with E-state index in [1.54, 1.807) is 0 Å². The molecule has 2 aromatic rings. The maximum atomic E-state index is 13.0. The molecule has 1 atom stereocenters. The largest absolute Gasteiger partial charge is 0.418 e. The minimum atomic E-state index is -4.60. The highest BCUT2D eigenvalue weighted by Gasteiger charge is 2.37. The lowest BCUT2D eigenvalue weighted by Gasteiger charge is -2.17. The highest BCUT2D eigenvalue weighted by molar-refractivity contribution is 6.03. The summed E-state index contributed by atoms with van der Waals surface area (Å²) in [6.45, 7) is 0.0183. The molecule has 136 valence electrons. The summed E-state index contributed by atoms with van der Waals surface area (Å²) < 4.78 is 52.0. The van der Waals surface area contributed by atoms with Crippen LogP contribution >= 0.6 is 0 Å². The molecule has 26 heavy (non-hydrogen) atoms. The van der Waals surface area contributed by atoms with Crippen molar-refractivity contribution in [3.63, 3.8) is 0 Å². The van der Waals surface area contributed by atoms with Gasteiger partial charge in [0.25, 0.3) is 0 Å². The number of benzene rings is 2. The lowest BCUT2D eigenvalue weighted by atomic mass is 10.1. The van der Waals surface area contributed by atoms with E-state index in [1.165, 1.54) is 41.3 Å². The number of carbonyl (C=O) groups is 2. The van der Waals surface area contributed by atoms with E-state index in [2.05, 4.69) is 5.32 Å². The second-order valence-electron chi connectivity index (χ2n) is 5.91. The fourth-order valence-electron chi connectivity index (χ4n) is 2.83. The van der Waals surface area contributed by atoms with Crippen LogP contribution in [-0.4, -0.2) is 18.4 Å². The zero-order chi connectivity index (χ0) is 18.9. The number of para-hydroxylation sites is 1. The van der Waals surface area contributed by atoms with Crippen molar-refractivity contribution >= 4 is 23.2 Å². The van der Waals surface area contributed by atoms with Crippen LogP contribution in [-0.2, 0) is 15.8 Å². The Morgan fingerprint density at radius 2 is 1.73 bits per heavy atom. The third-order valence-corrected chi connectivity index (χ3v) is 4.12. The number of amides is 2. The molecule has 1 unspecified atom stereocenters. The standard InChI is InChI=1S/C18H14F4N2O2/c19-12-5-7-13(8-6-12)24-10-11(9-16(24)25)17(26)23-15-4-2-1-3-14(15)18(20,21)22/h1-8,11H,9-10H2,(H,23,26). The molecule has 0 bridgehead atoms. The SMILES string of the molecule is O=C(Nc1ccccc1C(F)(F)F)C1CC(=O)N(c2ccc(F)cc2)C1. The van der Waals surface area contributed by atoms with E-state index >= 15 is 0 Å². The summed E-state index contributed by atoms with van der Waals surface area (Å²) >= 11 is 0. The number of halogens is 4. The molecule has 2 amide bonds. The number of anilines is 2. The summed E-state index contributed by atoms with van der Waals surface area (Å²) in [7, 11) is 0. The summed E-state index contributed by atoms with van der Waals surface area (Å²) in [6, 6.07) is 9.85. The molecule has 8 heteroatoms. The minimum absolute atomic E-state index is 0.0183. The first kappa shape index (κ1) is 17.9. The maximum Gasteiger partial charge on any atom is 0.418 e. The quantitative estimate of drug-likeness (QED) is 0.840. The molecule has 1 heterocycles. The summed E-state index contributed by atoms with van der Waals surface area (Å²) in [4.78, 5) is 25.8. The molecule has 1 aliphatic heterocycles. The van der Waals surface area contributed by atoms with Crippen LogP contribution < -0.4 is 10.2 Å². The number of nitrogens with zero attached hydrogens (tertiary/aromatic N) is 1. The van der Waals surface area contributed by atoms with Crippen LogP contribution in [0.3, 0.4) is 0 Å². The van der Waals surface area contributed by atoms with Crippen molar-refractivity contribution in [1.82, 2.24) is 0 Å². The van der Waals surface area contributed by atoms with E-state index in [0.29, 0.717) is 5.69 Å². The predicted molar refractivity (Wildman–Crippen MR) is 86.9 cm³/mol. The molecule has 0 saturated carbocycles. The Labute approximate surface area is 146 Å². The lowest BCUT2D eigenvalue weighted by Crippen LogP contribution is -2.28. The average Bonchev–Trinajstić information content (AvgIpc) is 2.97. The maximum absolute atomic E-state index is 13.0. The van der Waals surface area contributed by atoms with Gasteiger partial charge in [0.15, 0.2) is 0 Å². The van der Waals surface area contributed by atoms with Crippen LogP contribution in [0.5, 0.6) is 0 Å². The molecule has 1 aliphatic rings. The average molecular weight is 366 g/mol. The van der Waals surface area contributed by atoms with Gasteiger partial charge in [-0.1, -0.05) is 12.1 Å². The summed E-state index contributed by atoms with van der Waals surface area (Å²) in [5, 5.41) is 2.26. The third-order valence-electron chi connectivity index (χ3n) is 4.12. The molecule has 0 spiro atoms. The minimum Gasteiger partial charge on any atom is -0.325 e. The van der Waals surface area contributed by atoms with Crippen LogP contribution in [0.1, 0.15) is 12.0 Å². The van der Waals surface area contributed by atoms with Gasteiger partial charge in [0.2, 0.25) is 11.8 Å². The Morgan fingerprint density at radius 1 is 1.08 bits per heavy atom. The Morgan fingerprint density at radius 3 is 2.38 bits per heavy atom. The number of nitrogens with one attached hydrogen (secondary N) is 1. The number of alkyl halides is 3. The van der Waals surface area contributed by atoms with Crippen LogP contribution in [0.4, 0.5) is 28.9 Å². The summed E-state index contributed by atoms with van der Waals surface area (Å²) in [5.74, 6) is -2.27. The first-order valence-corrected chi connectivity index (χ1v) is 7.79. The number of hydrogen-bond donors (Lipinski definition) is 1. The molecule has 1 fully saturated rings. The van der Waals surface area contributed by atoms with Gasteiger partial charge in [-0.15, -0.1) is 0 Å². The van der Waals surface area contributed by atoms with Crippen molar-refractivity contribution in [2.24, 2.45) is 5.92 Å². The van der Waals surface area contributed by atoms with Gasteiger partial charge in [-0.25, -0.2) is 4.39 Å². The molecular weight excluding hydrogens is 352 g/mol. The second-order valence-corrected chi connectivity index (χ2v) is 5.91. The number of carbonyl (C=O) groups excluding carboxylic acids is 2. The van der Waals surface area contributed by atoms with E-state index in [-0.39, 0.29) is 24.6 Å². The van der Waals surface area contributed by atoms with Gasteiger partial charge < -0.3 is 10.2 Å². The Hall–Kier alpha value is -2.90. The van der Waals surface area contributed by atoms with E-state index in [1.807, 2.05) is 0 Å². The molecular formula is C18H14F4N2O2. The number of hydrogen-bond acceptors (Lipinski definition) is 2. The monoisotopic (exact) mass is 366 g/mol. The van der Waals surface area contributed by atoms with Crippen LogP contribution in [0.25, 0.3) is 0 Å². The van der Waals surface area contributed by atoms with E-state index < -0.39 is 29.4 Å². The van der Waals surface area contributed by atoms with Gasteiger partial charge in [-0.3, -0.25) is 9.59 Å². The van der Waals surface area contributed by atoms with E-state index in [4.69, 9.17) is 0 Å². The van der Waals surface area contributed by atoms with Crippen molar-refractivity contribution < 1.29 is 27.2 Å². The van der Waals surface area contributed by atoms with Crippen LogP contribution in [0.2, 0.25) is 0 Å². The van der Waals surface area contributed by atoms with Crippen LogP contribution in [0.15, 0.2) is 48.5 Å². The van der Waals surface area contributed by atoms with Crippen molar-refractivity contribution in [2.75, 3.05) is 16.8 Å². The smallest absolute Gasteiger partial charge is 0.325 e. The Bertz CT molecular complexity index is 834. The highest BCUT2D eigenvalue weighted by Crippen LogP contribution is 2.35.